The molecule has 0 spiro atoms. The molecule has 0 fully saturated rings. The van der Waals surface area contributed by atoms with Crippen molar-refractivity contribution in [3.63, 3.8) is 0 Å². The minimum atomic E-state index is -0.273. The third-order valence-electron chi connectivity index (χ3n) is 1.71. The predicted molar refractivity (Wildman–Crippen MR) is 42.6 cm³/mol. The van der Waals surface area contributed by atoms with Gasteiger partial charge in [-0.15, -0.1) is 0 Å². The van der Waals surface area contributed by atoms with Crippen LogP contribution in [-0.4, -0.2) is 17.1 Å². The molecule has 3 heteroatoms. The predicted octanol–water partition coefficient (Wildman–Crippen LogP) is 1.46. The number of aliphatic imine (C=N–C) groups is 1. The molecule has 1 aliphatic heterocycles. The van der Waals surface area contributed by atoms with Crippen LogP contribution in [0.15, 0.2) is 16.4 Å². The van der Waals surface area contributed by atoms with Crippen molar-refractivity contribution < 1.29 is 9.90 Å². The van der Waals surface area contributed by atoms with E-state index >= 15 is 0 Å². The second-order valence-electron chi connectivity index (χ2n) is 2.58. The molecule has 1 rings (SSSR count). The van der Waals surface area contributed by atoms with Gasteiger partial charge in [-0.25, -0.2) is 0 Å². The molecular weight excluding hydrogens is 142 g/mol. The normalized spacial score (nSPS) is 24.5. The van der Waals surface area contributed by atoms with Crippen LogP contribution in [0, 0.1) is 5.92 Å². The van der Waals surface area contributed by atoms with Gasteiger partial charge < -0.3 is 5.11 Å². The summed E-state index contributed by atoms with van der Waals surface area (Å²) in [5.41, 5.74) is 0.494. The van der Waals surface area contributed by atoms with Crippen LogP contribution in [0.2, 0.25) is 0 Å². The highest BCUT2D eigenvalue weighted by Gasteiger charge is 2.22. The summed E-state index contributed by atoms with van der Waals surface area (Å²) in [6.07, 6.45) is 2.17. The Labute approximate surface area is 65.4 Å². The SMILES string of the molecule is CCC1=C(O)C(=O)C(C)C=N1. The van der Waals surface area contributed by atoms with E-state index in [0.717, 1.165) is 0 Å². The summed E-state index contributed by atoms with van der Waals surface area (Å²) in [5, 5.41) is 9.22. The number of aliphatic hydroxyl groups is 1. The molecule has 0 saturated heterocycles. The van der Waals surface area contributed by atoms with Gasteiger partial charge >= 0.3 is 0 Å². The largest absolute Gasteiger partial charge is 0.503 e. The zero-order valence-corrected chi connectivity index (χ0v) is 6.66. The average molecular weight is 153 g/mol. The van der Waals surface area contributed by atoms with E-state index in [2.05, 4.69) is 4.99 Å². The second-order valence-corrected chi connectivity index (χ2v) is 2.58. The van der Waals surface area contributed by atoms with Crippen LogP contribution < -0.4 is 0 Å². The van der Waals surface area contributed by atoms with Crippen LogP contribution in [0.25, 0.3) is 0 Å². The number of carbonyl (C=O) groups excluding carboxylic acids is 1. The number of allylic oxidation sites excluding steroid dienone is 2. The molecule has 1 N–H and O–H groups in total. The lowest BCUT2D eigenvalue weighted by atomic mass is 10.0. The molecule has 0 amide bonds. The number of hydrogen-bond acceptors (Lipinski definition) is 3. The van der Waals surface area contributed by atoms with E-state index in [4.69, 9.17) is 0 Å². The number of Topliss-reactive ketones (excluding diaryl/α,β-unsaturated/α-hetero) is 1. The second kappa shape index (κ2) is 2.86. The van der Waals surface area contributed by atoms with Gasteiger partial charge in [0.1, 0.15) is 0 Å². The van der Waals surface area contributed by atoms with E-state index in [9.17, 15) is 9.90 Å². The Kier molecular flexibility index (Phi) is 2.08. The van der Waals surface area contributed by atoms with Gasteiger partial charge in [-0.05, 0) is 13.3 Å². The molecule has 0 aromatic heterocycles. The molecule has 1 aliphatic rings. The fourth-order valence-electron chi connectivity index (χ4n) is 0.947. The highest BCUT2D eigenvalue weighted by molar-refractivity contribution is 6.06. The molecule has 0 aliphatic carbocycles. The summed E-state index contributed by atoms with van der Waals surface area (Å²) < 4.78 is 0. The van der Waals surface area contributed by atoms with E-state index in [1.54, 1.807) is 13.1 Å². The molecule has 1 atom stereocenters. The number of ketones is 1. The van der Waals surface area contributed by atoms with Gasteiger partial charge in [0.2, 0.25) is 5.78 Å². The third-order valence-corrected chi connectivity index (χ3v) is 1.71. The molecule has 0 radical (unpaired) electrons. The average Bonchev–Trinajstić information content (AvgIpc) is 2.01. The van der Waals surface area contributed by atoms with Crippen molar-refractivity contribution >= 4 is 12.0 Å². The first kappa shape index (κ1) is 7.98. The van der Waals surface area contributed by atoms with Crippen LogP contribution in [0.4, 0.5) is 0 Å². The summed E-state index contributed by atoms with van der Waals surface area (Å²) in [4.78, 5) is 15.0. The first-order valence-electron chi connectivity index (χ1n) is 3.67. The minimum Gasteiger partial charge on any atom is -0.503 e. The Bertz CT molecular complexity index is 240. The maximum atomic E-state index is 11.1. The smallest absolute Gasteiger partial charge is 0.207 e. The number of carbonyl (C=O) groups is 1. The van der Waals surface area contributed by atoms with E-state index in [1.807, 2.05) is 6.92 Å². The Morgan fingerprint density at radius 1 is 1.73 bits per heavy atom. The van der Waals surface area contributed by atoms with E-state index < -0.39 is 0 Å². The van der Waals surface area contributed by atoms with Crippen LogP contribution in [0.5, 0.6) is 0 Å². The summed E-state index contributed by atoms with van der Waals surface area (Å²) in [5.74, 6) is -0.662. The lowest BCUT2D eigenvalue weighted by Gasteiger charge is -2.11. The van der Waals surface area contributed by atoms with Gasteiger partial charge in [0.15, 0.2) is 5.76 Å². The minimum absolute atomic E-state index is 0.164. The van der Waals surface area contributed by atoms with Crippen molar-refractivity contribution in [1.82, 2.24) is 0 Å². The molecule has 3 nitrogen and oxygen atoms in total. The highest BCUT2D eigenvalue weighted by atomic mass is 16.3. The van der Waals surface area contributed by atoms with Crippen LogP contribution in [0.3, 0.4) is 0 Å². The van der Waals surface area contributed by atoms with Gasteiger partial charge in [0.05, 0.1) is 11.6 Å². The number of rotatable bonds is 1. The third kappa shape index (κ3) is 1.31. The maximum Gasteiger partial charge on any atom is 0.207 e. The standard InChI is InChI=1S/C8H11NO2/c1-3-6-8(11)7(10)5(2)4-9-6/h4-5,11H,3H2,1-2H3. The molecule has 60 valence electrons. The summed E-state index contributed by atoms with van der Waals surface area (Å²) in [6, 6.07) is 0. The Balaban J connectivity index is 2.97. The number of nitrogens with zero attached hydrogens (tertiary/aromatic N) is 1. The summed E-state index contributed by atoms with van der Waals surface area (Å²) >= 11 is 0. The Morgan fingerprint density at radius 3 is 2.91 bits per heavy atom. The van der Waals surface area contributed by atoms with Gasteiger partial charge in [0, 0.05) is 6.21 Å². The zero-order chi connectivity index (χ0) is 8.43. The zero-order valence-electron chi connectivity index (χ0n) is 6.66. The van der Waals surface area contributed by atoms with Gasteiger partial charge in [0.25, 0.3) is 0 Å². The lowest BCUT2D eigenvalue weighted by Crippen LogP contribution is -2.19. The molecular formula is C8H11NO2. The van der Waals surface area contributed by atoms with Crippen molar-refractivity contribution in [2.45, 2.75) is 20.3 Å². The first-order valence-corrected chi connectivity index (χ1v) is 3.67. The molecule has 0 saturated carbocycles. The van der Waals surface area contributed by atoms with Crippen LogP contribution in [-0.2, 0) is 4.79 Å². The Hall–Kier alpha value is -1.12. The van der Waals surface area contributed by atoms with Gasteiger partial charge in [-0.2, -0.15) is 0 Å². The molecule has 0 aromatic carbocycles. The highest BCUT2D eigenvalue weighted by Crippen LogP contribution is 2.16. The Morgan fingerprint density at radius 2 is 2.36 bits per heavy atom. The fourth-order valence-corrected chi connectivity index (χ4v) is 0.947. The van der Waals surface area contributed by atoms with Crippen molar-refractivity contribution in [1.29, 1.82) is 0 Å². The van der Waals surface area contributed by atoms with Crippen molar-refractivity contribution in [2.24, 2.45) is 10.9 Å². The van der Waals surface area contributed by atoms with Crippen molar-refractivity contribution in [2.75, 3.05) is 0 Å². The van der Waals surface area contributed by atoms with Gasteiger partial charge in [-0.3, -0.25) is 9.79 Å². The van der Waals surface area contributed by atoms with Crippen LogP contribution in [0.1, 0.15) is 20.3 Å². The van der Waals surface area contributed by atoms with Crippen molar-refractivity contribution in [3.8, 4) is 0 Å². The fraction of sp³-hybridized carbons (Fsp3) is 0.500. The summed E-state index contributed by atoms with van der Waals surface area (Å²) in [7, 11) is 0. The topological polar surface area (TPSA) is 49.7 Å². The quantitative estimate of drug-likeness (QED) is 0.619. The van der Waals surface area contributed by atoms with E-state index in [1.165, 1.54) is 0 Å². The van der Waals surface area contributed by atoms with E-state index in [-0.39, 0.29) is 17.5 Å². The number of hydrogen-bond donors (Lipinski definition) is 1. The van der Waals surface area contributed by atoms with Gasteiger partial charge in [-0.1, -0.05) is 6.92 Å². The first-order chi connectivity index (χ1) is 5.16. The summed E-state index contributed by atoms with van der Waals surface area (Å²) in [6.45, 7) is 3.57. The van der Waals surface area contributed by atoms with Crippen molar-refractivity contribution in [3.05, 3.63) is 11.5 Å². The maximum absolute atomic E-state index is 11.1. The lowest BCUT2D eigenvalue weighted by molar-refractivity contribution is -0.119. The monoisotopic (exact) mass is 153 g/mol. The van der Waals surface area contributed by atoms with E-state index in [0.29, 0.717) is 12.1 Å². The molecule has 0 aromatic rings. The molecule has 1 heterocycles. The molecule has 11 heavy (non-hydrogen) atoms. The molecule has 0 bridgehead atoms. The number of aliphatic hydroxyl groups excluding tert-OH is 1. The molecule has 1 unspecified atom stereocenters. The van der Waals surface area contributed by atoms with Crippen LogP contribution >= 0.6 is 0 Å².